The first-order chi connectivity index (χ1) is 14.7. The molecule has 0 bridgehead atoms. The number of carbonyl (C=O) groups is 1. The maximum Gasteiger partial charge on any atom is 0.322 e. The van der Waals surface area contributed by atoms with E-state index >= 15 is 0 Å². The average molecular weight is 515 g/mol. The van der Waals surface area contributed by atoms with Crippen molar-refractivity contribution in [3.8, 4) is 5.75 Å². The molecule has 12 heteroatoms. The minimum absolute atomic E-state index is 0.0284. The number of guanidine groups is 1. The molecule has 1 atom stereocenters. The Morgan fingerprint density at radius 2 is 1.90 bits per heavy atom. The number of nitrogens with two attached hydrogens (primary N) is 1. The quantitative estimate of drug-likeness (QED) is 0.123. The summed E-state index contributed by atoms with van der Waals surface area (Å²) in [5.74, 6) is -0.988. The van der Waals surface area contributed by atoms with E-state index in [1.54, 1.807) is 36.4 Å². The van der Waals surface area contributed by atoms with Gasteiger partial charge in [0.25, 0.3) is 0 Å². The second-order valence-corrected chi connectivity index (χ2v) is 9.01. The Kier molecular flexibility index (Phi) is 9.24. The van der Waals surface area contributed by atoms with Gasteiger partial charge in [-0.25, -0.2) is 13.9 Å². The molecule has 0 aliphatic carbocycles. The standard InChI is InChI=1S/C19H23BrN4O6S/c20-14-3-1-4-16(12-14)31(27,28)24-17(18(25)26)11-13-5-7-15(8-6-13)29-9-2-10-30-23-19(21)22/h1,3-8,12,17,24H,2,9-11H2,(H,25,26)(H4,21,22,23)/t17-/m0/s1. The summed E-state index contributed by atoms with van der Waals surface area (Å²) >= 11 is 3.20. The SMILES string of the molecule is N=C(N)NOCCCOc1ccc(C[C@H](NS(=O)(=O)c2cccc(Br)c2)C(=O)O)cc1. The molecule has 0 amide bonds. The molecule has 0 saturated heterocycles. The van der Waals surface area contributed by atoms with E-state index in [0.29, 0.717) is 35.4 Å². The molecule has 0 unspecified atom stereocenters. The van der Waals surface area contributed by atoms with Gasteiger partial charge in [0.1, 0.15) is 11.8 Å². The number of carboxylic acids is 1. The van der Waals surface area contributed by atoms with Crippen molar-refractivity contribution in [2.45, 2.75) is 23.8 Å². The molecule has 0 aromatic heterocycles. The summed E-state index contributed by atoms with van der Waals surface area (Å²) in [7, 11) is -4.00. The van der Waals surface area contributed by atoms with Crippen molar-refractivity contribution in [2.75, 3.05) is 13.2 Å². The molecule has 0 aliphatic rings. The van der Waals surface area contributed by atoms with Gasteiger partial charge in [-0.05, 0) is 42.3 Å². The minimum Gasteiger partial charge on any atom is -0.494 e. The highest BCUT2D eigenvalue weighted by Gasteiger charge is 2.25. The number of hydrogen-bond donors (Lipinski definition) is 5. The smallest absolute Gasteiger partial charge is 0.322 e. The van der Waals surface area contributed by atoms with Crippen molar-refractivity contribution in [1.82, 2.24) is 10.2 Å². The van der Waals surface area contributed by atoms with Crippen molar-refractivity contribution in [3.05, 3.63) is 58.6 Å². The molecule has 10 nitrogen and oxygen atoms in total. The van der Waals surface area contributed by atoms with Crippen LogP contribution in [0.3, 0.4) is 0 Å². The fraction of sp³-hybridized carbons (Fsp3) is 0.263. The second-order valence-electron chi connectivity index (χ2n) is 6.38. The predicted octanol–water partition coefficient (Wildman–Crippen LogP) is 1.61. The van der Waals surface area contributed by atoms with Crippen LogP contribution in [0.2, 0.25) is 0 Å². The van der Waals surface area contributed by atoms with Gasteiger partial charge >= 0.3 is 5.97 Å². The summed E-state index contributed by atoms with van der Waals surface area (Å²) in [4.78, 5) is 16.5. The lowest BCUT2D eigenvalue weighted by Crippen LogP contribution is -2.42. The lowest BCUT2D eigenvalue weighted by Gasteiger charge is -2.15. The molecule has 2 rings (SSSR count). The number of hydrogen-bond acceptors (Lipinski definition) is 6. The third-order valence-electron chi connectivity index (χ3n) is 3.91. The molecule has 0 saturated carbocycles. The molecule has 0 aliphatic heterocycles. The Balaban J connectivity index is 1.91. The first-order valence-electron chi connectivity index (χ1n) is 9.11. The minimum atomic E-state index is -4.00. The van der Waals surface area contributed by atoms with Gasteiger partial charge in [0, 0.05) is 10.9 Å². The molecule has 0 heterocycles. The topological polar surface area (TPSA) is 164 Å². The van der Waals surface area contributed by atoms with Crippen molar-refractivity contribution < 1.29 is 27.9 Å². The van der Waals surface area contributed by atoms with Crippen LogP contribution in [0.5, 0.6) is 5.75 Å². The number of halogens is 1. The summed E-state index contributed by atoms with van der Waals surface area (Å²) in [6, 6.07) is 11.4. The molecule has 2 aromatic rings. The highest BCUT2D eigenvalue weighted by atomic mass is 79.9. The highest BCUT2D eigenvalue weighted by Crippen LogP contribution is 2.18. The molecule has 168 valence electrons. The molecular weight excluding hydrogens is 492 g/mol. The third kappa shape index (κ3) is 8.53. The van der Waals surface area contributed by atoms with Crippen molar-refractivity contribution in [2.24, 2.45) is 5.73 Å². The Labute approximate surface area is 188 Å². The summed E-state index contributed by atoms with van der Waals surface area (Å²) in [5.41, 5.74) is 7.92. The highest BCUT2D eigenvalue weighted by molar-refractivity contribution is 9.10. The number of nitrogens with one attached hydrogen (secondary N) is 3. The number of sulfonamides is 1. The summed E-state index contributed by atoms with van der Waals surface area (Å²) < 4.78 is 33.4. The van der Waals surface area contributed by atoms with Gasteiger partial charge in [-0.2, -0.15) is 4.72 Å². The van der Waals surface area contributed by atoms with Crippen molar-refractivity contribution >= 4 is 37.9 Å². The van der Waals surface area contributed by atoms with E-state index < -0.39 is 22.0 Å². The Morgan fingerprint density at radius 1 is 1.19 bits per heavy atom. The lowest BCUT2D eigenvalue weighted by molar-refractivity contribution is -0.138. The van der Waals surface area contributed by atoms with E-state index in [1.807, 2.05) is 0 Å². The van der Waals surface area contributed by atoms with Gasteiger partial charge in [0.05, 0.1) is 18.1 Å². The van der Waals surface area contributed by atoms with E-state index in [2.05, 4.69) is 26.1 Å². The van der Waals surface area contributed by atoms with Gasteiger partial charge in [0.2, 0.25) is 16.0 Å². The zero-order valence-corrected chi connectivity index (χ0v) is 18.8. The van der Waals surface area contributed by atoms with Gasteiger partial charge in [-0.15, -0.1) is 0 Å². The number of benzene rings is 2. The van der Waals surface area contributed by atoms with E-state index in [-0.39, 0.29) is 17.3 Å². The molecule has 0 radical (unpaired) electrons. The third-order valence-corrected chi connectivity index (χ3v) is 5.87. The largest absolute Gasteiger partial charge is 0.494 e. The van der Waals surface area contributed by atoms with Crippen LogP contribution in [0.15, 0.2) is 57.9 Å². The monoisotopic (exact) mass is 514 g/mol. The van der Waals surface area contributed by atoms with Crippen LogP contribution < -0.4 is 20.7 Å². The lowest BCUT2D eigenvalue weighted by atomic mass is 10.1. The Bertz CT molecular complexity index is 1000. The van der Waals surface area contributed by atoms with Crippen LogP contribution >= 0.6 is 15.9 Å². The average Bonchev–Trinajstić information content (AvgIpc) is 2.71. The molecule has 6 N–H and O–H groups in total. The zero-order chi connectivity index (χ0) is 22.9. The summed E-state index contributed by atoms with van der Waals surface area (Å²) in [5, 5.41) is 16.4. The molecule has 0 fully saturated rings. The first-order valence-corrected chi connectivity index (χ1v) is 11.4. The number of ether oxygens (including phenoxy) is 1. The van der Waals surface area contributed by atoms with Gasteiger partial charge in [-0.1, -0.05) is 34.1 Å². The fourth-order valence-electron chi connectivity index (χ4n) is 2.48. The molecule has 2 aromatic carbocycles. The van der Waals surface area contributed by atoms with Crippen LogP contribution in [0, 0.1) is 5.41 Å². The summed E-state index contributed by atoms with van der Waals surface area (Å²) in [6.07, 6.45) is 0.522. The summed E-state index contributed by atoms with van der Waals surface area (Å²) in [6.45, 7) is 0.666. The predicted molar refractivity (Wildman–Crippen MR) is 117 cm³/mol. The molecule has 31 heavy (non-hydrogen) atoms. The van der Waals surface area contributed by atoms with E-state index in [9.17, 15) is 18.3 Å². The second kappa shape index (κ2) is 11.6. The number of carboxylic acid groups (broad SMARTS) is 1. The van der Waals surface area contributed by atoms with E-state index in [4.69, 9.17) is 20.7 Å². The molecule has 0 spiro atoms. The van der Waals surface area contributed by atoms with Crippen LogP contribution in [0.1, 0.15) is 12.0 Å². The van der Waals surface area contributed by atoms with Crippen LogP contribution in [0.4, 0.5) is 0 Å². The first kappa shape index (κ1) is 24.6. The van der Waals surface area contributed by atoms with Crippen LogP contribution in [0.25, 0.3) is 0 Å². The maximum absolute atomic E-state index is 12.5. The zero-order valence-electron chi connectivity index (χ0n) is 16.4. The number of rotatable bonds is 12. The van der Waals surface area contributed by atoms with Crippen LogP contribution in [-0.4, -0.2) is 44.7 Å². The van der Waals surface area contributed by atoms with Crippen molar-refractivity contribution in [1.29, 1.82) is 5.41 Å². The van der Waals surface area contributed by atoms with Gasteiger partial charge < -0.3 is 15.6 Å². The Morgan fingerprint density at radius 3 is 2.52 bits per heavy atom. The van der Waals surface area contributed by atoms with Crippen molar-refractivity contribution in [3.63, 3.8) is 0 Å². The van der Waals surface area contributed by atoms with Crippen LogP contribution in [-0.2, 0) is 26.1 Å². The number of aliphatic carboxylic acids is 1. The normalized spacial score (nSPS) is 12.2. The van der Waals surface area contributed by atoms with Gasteiger partial charge in [-0.3, -0.25) is 15.0 Å². The maximum atomic E-state index is 12.5. The number of hydroxylamine groups is 1. The molecular formula is C19H23BrN4O6S. The van der Waals surface area contributed by atoms with E-state index in [1.165, 1.54) is 12.1 Å². The van der Waals surface area contributed by atoms with Gasteiger partial charge in [0.15, 0.2) is 0 Å². The van der Waals surface area contributed by atoms with E-state index in [0.717, 1.165) is 0 Å². The Hall–Kier alpha value is -2.67. The fourth-order valence-corrected chi connectivity index (χ4v) is 4.26.